The number of esters is 3. The van der Waals surface area contributed by atoms with Gasteiger partial charge in [-0.3, -0.25) is 14.4 Å². The van der Waals surface area contributed by atoms with Crippen LogP contribution in [-0.4, -0.2) is 37.2 Å². The molecule has 0 radical (unpaired) electrons. The molecule has 0 aliphatic heterocycles. The second-order valence-corrected chi connectivity index (χ2v) is 22.7. The third kappa shape index (κ3) is 62.4. The van der Waals surface area contributed by atoms with Crippen LogP contribution in [0.25, 0.3) is 0 Å². The molecule has 0 aliphatic rings. The summed E-state index contributed by atoms with van der Waals surface area (Å²) in [5.74, 6) is -0.880. The van der Waals surface area contributed by atoms with Crippen LogP contribution in [-0.2, 0) is 28.6 Å². The molecule has 0 N–H and O–H groups in total. The fourth-order valence-corrected chi connectivity index (χ4v) is 10.1. The molecule has 0 amide bonds. The topological polar surface area (TPSA) is 78.9 Å². The summed E-state index contributed by atoms with van der Waals surface area (Å²) in [6.07, 6.45) is 79.0. The van der Waals surface area contributed by atoms with Crippen LogP contribution in [0.5, 0.6) is 0 Å². The molecular formula is C69H128O6. The van der Waals surface area contributed by atoms with Crippen molar-refractivity contribution in [3.63, 3.8) is 0 Å². The number of hydrogen-bond acceptors (Lipinski definition) is 6. The van der Waals surface area contributed by atoms with E-state index < -0.39 is 6.10 Å². The van der Waals surface area contributed by atoms with E-state index in [1.165, 1.54) is 231 Å². The third-order valence-electron chi connectivity index (χ3n) is 15.1. The molecule has 0 saturated carbocycles. The van der Waals surface area contributed by atoms with E-state index in [2.05, 4.69) is 57.2 Å². The Labute approximate surface area is 467 Å². The van der Waals surface area contributed by atoms with E-state index in [1.807, 2.05) is 0 Å². The van der Waals surface area contributed by atoms with Gasteiger partial charge < -0.3 is 14.2 Å². The zero-order valence-corrected chi connectivity index (χ0v) is 50.6. The maximum atomic E-state index is 12.8. The number of ether oxygens (including phenoxy) is 3. The van der Waals surface area contributed by atoms with Crippen molar-refractivity contribution < 1.29 is 28.6 Å². The van der Waals surface area contributed by atoms with Crippen molar-refractivity contribution >= 4 is 17.9 Å². The van der Waals surface area contributed by atoms with Gasteiger partial charge in [0.1, 0.15) is 13.2 Å². The Balaban J connectivity index is 4.08. The van der Waals surface area contributed by atoms with Gasteiger partial charge in [-0.15, -0.1) is 0 Å². The Morgan fingerprint density at radius 1 is 0.267 bits per heavy atom. The Morgan fingerprint density at radius 3 is 0.813 bits per heavy atom. The molecule has 0 heterocycles. The number of allylic oxidation sites excluding steroid dienone is 6. The first-order valence-corrected chi connectivity index (χ1v) is 33.5. The molecule has 0 bridgehead atoms. The van der Waals surface area contributed by atoms with E-state index in [1.54, 1.807) is 0 Å². The lowest BCUT2D eigenvalue weighted by Crippen LogP contribution is -2.30. The Kier molecular flexibility index (Phi) is 62.1. The standard InChI is InChI=1S/C69H128O6/c1-4-7-10-13-16-19-22-25-26-27-28-29-30-31-32-33-34-35-36-37-38-39-40-41-42-45-47-50-53-56-59-62-68(71)74-65-66(75-69(72)63-60-57-54-51-48-44-24-21-18-15-12-9-6-3)64-73-67(70)61-58-55-52-49-46-43-23-20-17-14-11-8-5-2/h12,15,20-21,23-24,66H,4-11,13-14,16-19,22,25-65H2,1-3H3/b15-12-,23-20-,24-21-. The zero-order chi connectivity index (χ0) is 54.3. The molecule has 0 aliphatic carbocycles. The van der Waals surface area contributed by atoms with Gasteiger partial charge in [-0.1, -0.05) is 314 Å². The van der Waals surface area contributed by atoms with Gasteiger partial charge in [-0.2, -0.15) is 0 Å². The summed E-state index contributed by atoms with van der Waals surface area (Å²) < 4.78 is 16.9. The molecule has 6 heteroatoms. The number of carbonyl (C=O) groups excluding carboxylic acids is 3. The first-order chi connectivity index (χ1) is 37.0. The summed E-state index contributed by atoms with van der Waals surface area (Å²) in [5.41, 5.74) is 0. The van der Waals surface area contributed by atoms with Crippen LogP contribution in [0.1, 0.15) is 367 Å². The molecule has 0 aromatic carbocycles. The van der Waals surface area contributed by atoms with Crippen molar-refractivity contribution in [2.75, 3.05) is 13.2 Å². The first kappa shape index (κ1) is 72.6. The van der Waals surface area contributed by atoms with Gasteiger partial charge in [0, 0.05) is 19.3 Å². The molecular weight excluding hydrogens is 925 g/mol. The second-order valence-electron chi connectivity index (χ2n) is 22.7. The van der Waals surface area contributed by atoms with Crippen molar-refractivity contribution in [3.8, 4) is 0 Å². The fraction of sp³-hybridized carbons (Fsp3) is 0.870. The van der Waals surface area contributed by atoms with E-state index in [4.69, 9.17) is 14.2 Å². The van der Waals surface area contributed by atoms with Crippen LogP contribution >= 0.6 is 0 Å². The molecule has 1 atom stereocenters. The molecule has 0 saturated heterocycles. The zero-order valence-electron chi connectivity index (χ0n) is 50.6. The van der Waals surface area contributed by atoms with Crippen LogP contribution in [0, 0.1) is 0 Å². The van der Waals surface area contributed by atoms with Crippen molar-refractivity contribution in [2.45, 2.75) is 374 Å². The highest BCUT2D eigenvalue weighted by atomic mass is 16.6. The lowest BCUT2D eigenvalue weighted by Gasteiger charge is -2.18. The normalized spacial score (nSPS) is 12.2. The third-order valence-corrected chi connectivity index (χ3v) is 15.1. The Hall–Kier alpha value is -2.37. The largest absolute Gasteiger partial charge is 0.462 e. The van der Waals surface area contributed by atoms with Crippen LogP contribution < -0.4 is 0 Å². The maximum Gasteiger partial charge on any atom is 0.306 e. The number of hydrogen-bond donors (Lipinski definition) is 0. The predicted octanol–water partition coefficient (Wildman–Crippen LogP) is 22.8. The molecule has 6 nitrogen and oxygen atoms in total. The molecule has 75 heavy (non-hydrogen) atoms. The Morgan fingerprint density at radius 2 is 0.507 bits per heavy atom. The summed E-state index contributed by atoms with van der Waals surface area (Å²) in [5, 5.41) is 0. The minimum Gasteiger partial charge on any atom is -0.462 e. The number of rotatable bonds is 62. The average Bonchev–Trinajstić information content (AvgIpc) is 3.41. The lowest BCUT2D eigenvalue weighted by atomic mass is 10.0. The molecule has 0 rings (SSSR count). The summed E-state index contributed by atoms with van der Waals surface area (Å²) in [7, 11) is 0. The van der Waals surface area contributed by atoms with Gasteiger partial charge in [-0.25, -0.2) is 0 Å². The fourth-order valence-electron chi connectivity index (χ4n) is 10.1. The smallest absolute Gasteiger partial charge is 0.306 e. The highest BCUT2D eigenvalue weighted by Gasteiger charge is 2.19. The summed E-state index contributed by atoms with van der Waals surface area (Å²) in [6, 6.07) is 0. The predicted molar refractivity (Wildman–Crippen MR) is 326 cm³/mol. The molecule has 1 unspecified atom stereocenters. The highest BCUT2D eigenvalue weighted by Crippen LogP contribution is 2.18. The maximum absolute atomic E-state index is 12.8. The van der Waals surface area contributed by atoms with Gasteiger partial charge in [0.2, 0.25) is 0 Å². The minimum absolute atomic E-state index is 0.0768. The molecule has 0 aromatic heterocycles. The first-order valence-electron chi connectivity index (χ1n) is 33.5. The van der Waals surface area contributed by atoms with Crippen molar-refractivity contribution in [1.82, 2.24) is 0 Å². The number of carbonyl (C=O) groups is 3. The van der Waals surface area contributed by atoms with Crippen molar-refractivity contribution in [1.29, 1.82) is 0 Å². The van der Waals surface area contributed by atoms with E-state index in [-0.39, 0.29) is 31.1 Å². The van der Waals surface area contributed by atoms with Crippen LogP contribution in [0.2, 0.25) is 0 Å². The summed E-state index contributed by atoms with van der Waals surface area (Å²) >= 11 is 0. The van der Waals surface area contributed by atoms with Gasteiger partial charge in [0.25, 0.3) is 0 Å². The van der Waals surface area contributed by atoms with Crippen LogP contribution in [0.3, 0.4) is 0 Å². The van der Waals surface area contributed by atoms with E-state index in [0.717, 1.165) is 96.3 Å². The minimum atomic E-state index is -0.781. The van der Waals surface area contributed by atoms with E-state index >= 15 is 0 Å². The monoisotopic (exact) mass is 1050 g/mol. The van der Waals surface area contributed by atoms with Crippen LogP contribution in [0.4, 0.5) is 0 Å². The van der Waals surface area contributed by atoms with Crippen molar-refractivity contribution in [3.05, 3.63) is 36.5 Å². The lowest BCUT2D eigenvalue weighted by molar-refractivity contribution is -0.167. The number of unbranched alkanes of at least 4 members (excludes halogenated alkanes) is 45. The average molecular weight is 1050 g/mol. The van der Waals surface area contributed by atoms with Gasteiger partial charge in [-0.05, 0) is 70.6 Å². The second kappa shape index (κ2) is 64.2. The molecule has 0 aromatic rings. The van der Waals surface area contributed by atoms with E-state index in [0.29, 0.717) is 19.3 Å². The summed E-state index contributed by atoms with van der Waals surface area (Å²) in [6.45, 7) is 6.60. The molecule has 440 valence electrons. The Bertz CT molecular complexity index is 1250. The van der Waals surface area contributed by atoms with E-state index in [9.17, 15) is 14.4 Å². The molecule has 0 fully saturated rings. The van der Waals surface area contributed by atoms with Gasteiger partial charge in [0.05, 0.1) is 0 Å². The SMILES string of the molecule is CCC/C=C\C/C=C\CCCCCCCC(=O)OC(COC(=O)CCCCCCC/C=C\CCCCCC)COC(=O)CCCCCCCCCCCCCCCCCCCCCCCCCCCCCCCCC. The molecule has 0 spiro atoms. The van der Waals surface area contributed by atoms with Crippen molar-refractivity contribution in [2.24, 2.45) is 0 Å². The quantitative estimate of drug-likeness (QED) is 0.0261. The van der Waals surface area contributed by atoms with Crippen LogP contribution in [0.15, 0.2) is 36.5 Å². The van der Waals surface area contributed by atoms with Gasteiger partial charge in [0.15, 0.2) is 6.10 Å². The summed E-state index contributed by atoms with van der Waals surface area (Å²) in [4.78, 5) is 38.2. The van der Waals surface area contributed by atoms with Gasteiger partial charge >= 0.3 is 17.9 Å². The highest BCUT2D eigenvalue weighted by molar-refractivity contribution is 5.71.